The van der Waals surface area contributed by atoms with Crippen LogP contribution in [0.1, 0.15) is 0 Å². The number of nitrogens with zero attached hydrogens (tertiary/aromatic N) is 7. The van der Waals surface area contributed by atoms with Gasteiger partial charge in [0.1, 0.15) is 17.1 Å². The van der Waals surface area contributed by atoms with Gasteiger partial charge in [0, 0.05) is 45.7 Å². The Morgan fingerprint density at radius 2 is 0.978 bits per heavy atom. The third kappa shape index (κ3) is 4.25. The first-order valence-corrected chi connectivity index (χ1v) is 15.0. The molecule has 0 fully saturated rings. The fourth-order valence-electron chi connectivity index (χ4n) is 6.19. The predicted octanol–water partition coefficient (Wildman–Crippen LogP) is 8.73. The SMILES string of the molecule is c1ccc(-c2nc(-c3ccccn3)nc(-c3ncc(-c4nc5ccccc5c5c4ccc4ccccc45)c4ccccc34)n2)nc1. The van der Waals surface area contributed by atoms with Gasteiger partial charge in [-0.2, -0.15) is 0 Å². The van der Waals surface area contributed by atoms with Gasteiger partial charge in [0.05, 0.1) is 11.2 Å². The lowest BCUT2D eigenvalue weighted by Gasteiger charge is -2.15. The highest BCUT2D eigenvalue weighted by atomic mass is 15.1. The van der Waals surface area contributed by atoms with E-state index in [1.165, 1.54) is 16.2 Å². The van der Waals surface area contributed by atoms with Crippen LogP contribution in [0.3, 0.4) is 0 Å². The van der Waals surface area contributed by atoms with Gasteiger partial charge in [0.2, 0.25) is 0 Å². The first-order chi connectivity index (χ1) is 22.8. The van der Waals surface area contributed by atoms with Crippen molar-refractivity contribution in [3.8, 4) is 45.8 Å². The summed E-state index contributed by atoms with van der Waals surface area (Å²) in [5.74, 6) is 1.35. The van der Waals surface area contributed by atoms with Gasteiger partial charge in [-0.15, -0.1) is 0 Å². The van der Waals surface area contributed by atoms with Crippen LogP contribution in [0.5, 0.6) is 0 Å². The van der Waals surface area contributed by atoms with Crippen molar-refractivity contribution in [1.82, 2.24) is 34.9 Å². The van der Waals surface area contributed by atoms with E-state index in [4.69, 9.17) is 24.9 Å². The van der Waals surface area contributed by atoms with E-state index in [2.05, 4.69) is 76.7 Å². The lowest BCUT2D eigenvalue weighted by Crippen LogP contribution is -2.03. The van der Waals surface area contributed by atoms with Crippen LogP contribution in [0.2, 0.25) is 0 Å². The molecule has 7 heteroatoms. The van der Waals surface area contributed by atoms with Gasteiger partial charge < -0.3 is 0 Å². The number of hydrogen-bond acceptors (Lipinski definition) is 7. The number of hydrogen-bond donors (Lipinski definition) is 0. The summed E-state index contributed by atoms with van der Waals surface area (Å²) in [6.07, 6.45) is 5.35. The smallest absolute Gasteiger partial charge is 0.183 e. The summed E-state index contributed by atoms with van der Waals surface area (Å²) in [7, 11) is 0. The van der Waals surface area contributed by atoms with Crippen LogP contribution >= 0.6 is 0 Å². The Morgan fingerprint density at radius 3 is 1.70 bits per heavy atom. The molecule has 5 heterocycles. The molecule has 0 unspecified atom stereocenters. The molecule has 9 rings (SSSR count). The van der Waals surface area contributed by atoms with Crippen molar-refractivity contribution in [2.24, 2.45) is 0 Å². The summed E-state index contributed by atoms with van der Waals surface area (Å²) in [6.45, 7) is 0. The molecule has 4 aromatic carbocycles. The minimum atomic E-state index is 0.446. The van der Waals surface area contributed by atoms with Crippen molar-refractivity contribution in [1.29, 1.82) is 0 Å². The third-order valence-corrected chi connectivity index (χ3v) is 8.28. The van der Waals surface area contributed by atoms with Crippen LogP contribution in [0.25, 0.3) is 89.0 Å². The van der Waals surface area contributed by atoms with E-state index in [1.807, 2.05) is 60.8 Å². The van der Waals surface area contributed by atoms with Gasteiger partial charge >= 0.3 is 0 Å². The van der Waals surface area contributed by atoms with E-state index >= 15 is 0 Å². The Bertz CT molecular complexity index is 2510. The highest BCUT2D eigenvalue weighted by Gasteiger charge is 2.20. The molecule has 0 aliphatic rings. The molecule has 5 aromatic heterocycles. The lowest BCUT2D eigenvalue weighted by molar-refractivity contribution is 1.04. The van der Waals surface area contributed by atoms with Gasteiger partial charge in [-0.25, -0.2) is 19.9 Å². The molecule has 0 saturated carbocycles. The molecule has 0 saturated heterocycles. The van der Waals surface area contributed by atoms with Crippen LogP contribution in [0, 0.1) is 0 Å². The topological polar surface area (TPSA) is 90.2 Å². The standard InChI is InChI=1S/C39H23N7/c1-2-12-25-24(11-1)19-20-29-34(25)28-15-5-6-16-31(28)43-35(29)30-23-42-36(27-14-4-3-13-26(27)30)39-45-37(32-17-7-9-21-40-32)44-38(46-39)33-18-8-10-22-41-33/h1-23H. The minimum Gasteiger partial charge on any atom is -0.253 e. The molecule has 0 aliphatic heterocycles. The van der Waals surface area contributed by atoms with Gasteiger partial charge in [-0.1, -0.05) is 91.0 Å². The second kappa shape index (κ2) is 10.6. The quantitative estimate of drug-likeness (QED) is 0.190. The van der Waals surface area contributed by atoms with Gasteiger partial charge in [-0.3, -0.25) is 15.0 Å². The molecule has 0 radical (unpaired) electrons. The normalized spacial score (nSPS) is 11.5. The van der Waals surface area contributed by atoms with Crippen LogP contribution in [0.15, 0.2) is 140 Å². The molecule has 0 bridgehead atoms. The number of rotatable bonds is 4. The molecule has 0 amide bonds. The predicted molar refractivity (Wildman–Crippen MR) is 183 cm³/mol. The molecular weight excluding hydrogens is 566 g/mol. The Balaban J connectivity index is 1.31. The Hall–Kier alpha value is -6.47. The highest BCUT2D eigenvalue weighted by molar-refractivity contribution is 6.23. The second-order valence-electron chi connectivity index (χ2n) is 11.0. The molecule has 7 nitrogen and oxygen atoms in total. The maximum atomic E-state index is 5.24. The van der Waals surface area contributed by atoms with Crippen molar-refractivity contribution in [2.75, 3.05) is 0 Å². The summed E-state index contributed by atoms with van der Waals surface area (Å²) < 4.78 is 0. The third-order valence-electron chi connectivity index (χ3n) is 8.28. The Kier molecular flexibility index (Phi) is 5.99. The summed E-state index contributed by atoms with van der Waals surface area (Å²) in [4.78, 5) is 33.8. The number of fused-ring (bicyclic) bond motifs is 6. The Morgan fingerprint density at radius 1 is 0.370 bits per heavy atom. The van der Waals surface area contributed by atoms with Crippen LogP contribution in [0.4, 0.5) is 0 Å². The van der Waals surface area contributed by atoms with Gasteiger partial charge in [-0.05, 0) is 46.5 Å². The molecular formula is C39H23N7. The number of pyridine rings is 4. The van der Waals surface area contributed by atoms with Crippen molar-refractivity contribution in [2.45, 2.75) is 0 Å². The molecule has 0 aliphatic carbocycles. The van der Waals surface area contributed by atoms with E-state index in [-0.39, 0.29) is 0 Å². The highest BCUT2D eigenvalue weighted by Crippen LogP contribution is 2.40. The molecule has 0 spiro atoms. The summed E-state index contributed by atoms with van der Waals surface area (Å²) in [6, 6.07) is 40.8. The minimum absolute atomic E-state index is 0.446. The van der Waals surface area contributed by atoms with Gasteiger partial charge in [0.25, 0.3) is 0 Å². The Labute approximate surface area is 263 Å². The van der Waals surface area contributed by atoms with Crippen molar-refractivity contribution in [3.63, 3.8) is 0 Å². The van der Waals surface area contributed by atoms with Crippen LogP contribution in [-0.4, -0.2) is 34.9 Å². The maximum absolute atomic E-state index is 5.24. The monoisotopic (exact) mass is 589 g/mol. The summed E-state index contributed by atoms with van der Waals surface area (Å²) >= 11 is 0. The summed E-state index contributed by atoms with van der Waals surface area (Å²) in [5, 5.41) is 7.69. The van der Waals surface area contributed by atoms with E-state index in [1.54, 1.807) is 12.4 Å². The molecule has 214 valence electrons. The fourth-order valence-corrected chi connectivity index (χ4v) is 6.19. The average molecular weight is 590 g/mol. The molecule has 46 heavy (non-hydrogen) atoms. The van der Waals surface area contributed by atoms with Crippen molar-refractivity contribution >= 4 is 43.2 Å². The molecule has 0 N–H and O–H groups in total. The van der Waals surface area contributed by atoms with Crippen LogP contribution in [-0.2, 0) is 0 Å². The van der Waals surface area contributed by atoms with E-state index in [0.29, 0.717) is 34.6 Å². The largest absolute Gasteiger partial charge is 0.253 e. The fraction of sp³-hybridized carbons (Fsp3) is 0. The van der Waals surface area contributed by atoms with E-state index < -0.39 is 0 Å². The van der Waals surface area contributed by atoms with Crippen LogP contribution < -0.4 is 0 Å². The second-order valence-corrected chi connectivity index (χ2v) is 11.0. The first-order valence-electron chi connectivity index (χ1n) is 15.0. The maximum Gasteiger partial charge on any atom is 0.183 e. The zero-order valence-corrected chi connectivity index (χ0v) is 24.4. The molecule has 9 aromatic rings. The zero-order chi connectivity index (χ0) is 30.5. The average Bonchev–Trinajstić information content (AvgIpc) is 3.14. The number of benzene rings is 4. The zero-order valence-electron chi connectivity index (χ0n) is 24.4. The first kappa shape index (κ1) is 26.0. The summed E-state index contributed by atoms with van der Waals surface area (Å²) in [5.41, 5.74) is 4.69. The number of para-hydroxylation sites is 1. The number of aromatic nitrogens is 7. The van der Waals surface area contributed by atoms with Gasteiger partial charge in [0.15, 0.2) is 17.5 Å². The van der Waals surface area contributed by atoms with Crippen molar-refractivity contribution in [3.05, 3.63) is 140 Å². The van der Waals surface area contributed by atoms with Crippen molar-refractivity contribution < 1.29 is 0 Å². The molecule has 0 atom stereocenters. The lowest BCUT2D eigenvalue weighted by atomic mass is 9.94. The van der Waals surface area contributed by atoms with E-state index in [9.17, 15) is 0 Å². The van der Waals surface area contributed by atoms with E-state index in [0.717, 1.165) is 38.3 Å².